The second-order valence-electron chi connectivity index (χ2n) is 4.46. The molecule has 0 unspecified atom stereocenters. The van der Waals surface area contributed by atoms with Crippen LogP contribution in [-0.2, 0) is 11.2 Å². The molecule has 0 aromatic heterocycles. The Labute approximate surface area is 121 Å². The molecule has 0 heterocycles. The van der Waals surface area contributed by atoms with E-state index in [0.717, 1.165) is 10.5 Å². The molecule has 2 nitrogen and oxygen atoms in total. The van der Waals surface area contributed by atoms with Crippen molar-refractivity contribution >= 4 is 17.5 Å². The van der Waals surface area contributed by atoms with Gasteiger partial charge in [0, 0.05) is 18.8 Å². The third kappa shape index (κ3) is 6.80. The van der Waals surface area contributed by atoms with Gasteiger partial charge in [-0.15, -0.1) is 11.6 Å². The highest BCUT2D eigenvalue weighted by atomic mass is 35.5. The molecule has 0 radical (unpaired) electrons. The van der Waals surface area contributed by atoms with Crippen LogP contribution in [0.1, 0.15) is 18.4 Å². The number of benzene rings is 1. The first kappa shape index (κ1) is 16.8. The van der Waals surface area contributed by atoms with Gasteiger partial charge in [0.25, 0.3) is 0 Å². The number of hydrogen-bond acceptors (Lipinski definition) is 1. The Morgan fingerprint density at radius 1 is 1.20 bits per heavy atom. The molecule has 20 heavy (non-hydrogen) atoms. The van der Waals surface area contributed by atoms with Crippen molar-refractivity contribution in [3.63, 3.8) is 0 Å². The van der Waals surface area contributed by atoms with E-state index in [9.17, 15) is 18.0 Å². The third-order valence-electron chi connectivity index (χ3n) is 2.78. The summed E-state index contributed by atoms with van der Waals surface area (Å²) in [6.45, 7) is -1.31. The summed E-state index contributed by atoms with van der Waals surface area (Å²) < 4.78 is 37.0. The lowest BCUT2D eigenvalue weighted by atomic mass is 10.1. The van der Waals surface area contributed by atoms with Gasteiger partial charge in [-0.1, -0.05) is 30.3 Å². The zero-order chi connectivity index (χ0) is 15.0. The van der Waals surface area contributed by atoms with Crippen molar-refractivity contribution < 1.29 is 18.0 Å². The van der Waals surface area contributed by atoms with Crippen molar-refractivity contribution in [3.8, 4) is 0 Å². The molecule has 0 fully saturated rings. The van der Waals surface area contributed by atoms with Gasteiger partial charge in [0.2, 0.25) is 5.91 Å². The van der Waals surface area contributed by atoms with Crippen molar-refractivity contribution in [2.24, 2.45) is 0 Å². The lowest BCUT2D eigenvalue weighted by Gasteiger charge is -2.23. The summed E-state index contributed by atoms with van der Waals surface area (Å²) in [7, 11) is 0. The normalized spacial score (nSPS) is 11.4. The van der Waals surface area contributed by atoms with Crippen LogP contribution in [-0.4, -0.2) is 36.0 Å². The number of nitrogens with zero attached hydrogens (tertiary/aromatic N) is 1. The minimum absolute atomic E-state index is 0.000501. The molecule has 1 rings (SSSR count). The Kier molecular flexibility index (Phi) is 6.85. The number of halogens is 4. The monoisotopic (exact) mass is 307 g/mol. The molecule has 0 N–H and O–H groups in total. The maximum atomic E-state index is 12.3. The van der Waals surface area contributed by atoms with E-state index in [4.69, 9.17) is 11.6 Å². The van der Waals surface area contributed by atoms with Crippen molar-refractivity contribution in [2.75, 3.05) is 19.0 Å². The summed E-state index contributed by atoms with van der Waals surface area (Å²) in [5.74, 6) is -0.501. The van der Waals surface area contributed by atoms with Gasteiger partial charge in [0.1, 0.15) is 6.54 Å². The van der Waals surface area contributed by atoms with Crippen LogP contribution in [0.25, 0.3) is 0 Å². The molecule has 1 aromatic carbocycles. The number of amides is 1. The largest absolute Gasteiger partial charge is 0.406 e. The fourth-order valence-corrected chi connectivity index (χ4v) is 2.06. The third-order valence-corrected chi connectivity index (χ3v) is 2.95. The van der Waals surface area contributed by atoms with E-state index < -0.39 is 18.6 Å². The maximum Gasteiger partial charge on any atom is 0.406 e. The van der Waals surface area contributed by atoms with Crippen molar-refractivity contribution in [2.45, 2.75) is 25.4 Å². The lowest BCUT2D eigenvalue weighted by molar-refractivity contribution is -0.160. The fraction of sp³-hybridized carbons (Fsp3) is 0.500. The Morgan fingerprint density at radius 2 is 1.85 bits per heavy atom. The van der Waals surface area contributed by atoms with E-state index in [1.54, 1.807) is 0 Å². The Morgan fingerprint density at radius 3 is 2.40 bits per heavy atom. The number of hydrogen-bond donors (Lipinski definition) is 0. The van der Waals surface area contributed by atoms with Crippen LogP contribution in [0, 0.1) is 0 Å². The molecule has 0 saturated heterocycles. The summed E-state index contributed by atoms with van der Waals surface area (Å²) in [6.07, 6.45) is -3.09. The summed E-state index contributed by atoms with van der Waals surface area (Å²) in [5, 5.41) is 0. The Hall–Kier alpha value is -1.23. The zero-order valence-electron chi connectivity index (χ0n) is 11.0. The van der Waals surface area contributed by atoms with E-state index in [1.165, 1.54) is 0 Å². The molecular formula is C14H17ClF3NO. The SMILES string of the molecule is O=C(CCCc1ccccc1)N(CCCl)CC(F)(F)F. The highest BCUT2D eigenvalue weighted by Gasteiger charge is 2.32. The molecule has 6 heteroatoms. The van der Waals surface area contributed by atoms with E-state index in [0.29, 0.717) is 12.8 Å². The van der Waals surface area contributed by atoms with Crippen LogP contribution in [0.15, 0.2) is 30.3 Å². The average molecular weight is 308 g/mol. The number of alkyl halides is 4. The first-order chi connectivity index (χ1) is 9.42. The van der Waals surface area contributed by atoms with E-state index in [2.05, 4.69) is 0 Å². The molecular weight excluding hydrogens is 291 g/mol. The molecule has 112 valence electrons. The van der Waals surface area contributed by atoms with Crippen LogP contribution in [0.4, 0.5) is 13.2 Å². The number of carbonyl (C=O) groups is 1. The van der Waals surface area contributed by atoms with Crippen LogP contribution < -0.4 is 0 Å². The maximum absolute atomic E-state index is 12.3. The number of carbonyl (C=O) groups excluding carboxylic acids is 1. The number of aryl methyl sites for hydroxylation is 1. The summed E-state index contributed by atoms with van der Waals surface area (Å²) in [4.78, 5) is 12.5. The highest BCUT2D eigenvalue weighted by Crippen LogP contribution is 2.17. The smallest absolute Gasteiger partial charge is 0.332 e. The molecule has 0 atom stereocenters. The molecule has 1 amide bonds. The predicted octanol–water partition coefficient (Wildman–Crippen LogP) is 3.64. The lowest BCUT2D eigenvalue weighted by Crippen LogP contribution is -2.40. The summed E-state index contributed by atoms with van der Waals surface area (Å²) in [6, 6.07) is 9.52. The van der Waals surface area contributed by atoms with Crippen LogP contribution >= 0.6 is 11.6 Å². The van der Waals surface area contributed by atoms with Gasteiger partial charge in [0.15, 0.2) is 0 Å². The van der Waals surface area contributed by atoms with Crippen molar-refractivity contribution in [1.29, 1.82) is 0 Å². The topological polar surface area (TPSA) is 20.3 Å². The van der Waals surface area contributed by atoms with Gasteiger partial charge >= 0.3 is 6.18 Å². The van der Waals surface area contributed by atoms with Crippen molar-refractivity contribution in [3.05, 3.63) is 35.9 Å². The van der Waals surface area contributed by atoms with E-state index in [1.807, 2.05) is 30.3 Å². The van der Waals surface area contributed by atoms with E-state index in [-0.39, 0.29) is 18.8 Å². The Bertz CT molecular complexity index is 409. The molecule has 0 bridgehead atoms. The summed E-state index contributed by atoms with van der Waals surface area (Å²) >= 11 is 5.44. The molecule has 0 spiro atoms. The molecule has 0 aliphatic carbocycles. The van der Waals surface area contributed by atoms with Crippen LogP contribution in [0.5, 0.6) is 0 Å². The second-order valence-corrected chi connectivity index (χ2v) is 4.84. The second kappa shape index (κ2) is 8.15. The standard InChI is InChI=1S/C14H17ClF3NO/c15-9-10-19(11-14(16,17)18)13(20)8-4-7-12-5-2-1-3-6-12/h1-3,5-6H,4,7-11H2. The molecule has 0 aliphatic rings. The fourth-order valence-electron chi connectivity index (χ4n) is 1.86. The minimum Gasteiger partial charge on any atom is -0.332 e. The average Bonchev–Trinajstić information content (AvgIpc) is 2.38. The first-order valence-electron chi connectivity index (χ1n) is 6.37. The van der Waals surface area contributed by atoms with Gasteiger partial charge in [-0.25, -0.2) is 0 Å². The van der Waals surface area contributed by atoms with Crippen LogP contribution in [0.3, 0.4) is 0 Å². The van der Waals surface area contributed by atoms with Gasteiger partial charge in [-0.2, -0.15) is 13.2 Å². The quantitative estimate of drug-likeness (QED) is 0.704. The first-order valence-corrected chi connectivity index (χ1v) is 6.90. The minimum atomic E-state index is -4.39. The zero-order valence-corrected chi connectivity index (χ0v) is 11.8. The van der Waals surface area contributed by atoms with Gasteiger partial charge in [-0.05, 0) is 18.4 Å². The highest BCUT2D eigenvalue weighted by molar-refractivity contribution is 6.18. The Balaban J connectivity index is 2.42. The van der Waals surface area contributed by atoms with Crippen LogP contribution in [0.2, 0.25) is 0 Å². The van der Waals surface area contributed by atoms with Gasteiger partial charge in [-0.3, -0.25) is 4.79 Å². The molecule has 1 aromatic rings. The van der Waals surface area contributed by atoms with Gasteiger partial charge in [0.05, 0.1) is 0 Å². The van der Waals surface area contributed by atoms with Gasteiger partial charge < -0.3 is 4.90 Å². The summed E-state index contributed by atoms with van der Waals surface area (Å²) in [5.41, 5.74) is 1.07. The van der Waals surface area contributed by atoms with E-state index >= 15 is 0 Å². The number of rotatable bonds is 7. The van der Waals surface area contributed by atoms with Crippen molar-refractivity contribution in [1.82, 2.24) is 4.90 Å². The predicted molar refractivity (Wildman–Crippen MR) is 72.7 cm³/mol. The molecule has 0 aliphatic heterocycles. The molecule has 0 saturated carbocycles.